The molecule has 120 valence electrons. The highest BCUT2D eigenvalue weighted by molar-refractivity contribution is 4.95. The molecule has 1 saturated heterocycles. The van der Waals surface area contributed by atoms with Crippen molar-refractivity contribution in [1.29, 1.82) is 0 Å². The van der Waals surface area contributed by atoms with Crippen molar-refractivity contribution < 1.29 is 0 Å². The van der Waals surface area contributed by atoms with Gasteiger partial charge in [-0.05, 0) is 36.1 Å². The molecule has 0 bridgehead atoms. The number of piperazine rings is 1. The van der Waals surface area contributed by atoms with Gasteiger partial charge >= 0.3 is 0 Å². The Hall–Kier alpha value is -0.0800. The van der Waals surface area contributed by atoms with Gasteiger partial charge in [0, 0.05) is 25.2 Å². The summed E-state index contributed by atoms with van der Waals surface area (Å²) < 4.78 is 0. The predicted molar refractivity (Wildman–Crippen MR) is 90.1 cm³/mol. The van der Waals surface area contributed by atoms with Gasteiger partial charge in [-0.1, -0.05) is 55.4 Å². The lowest BCUT2D eigenvalue weighted by Gasteiger charge is -2.49. The van der Waals surface area contributed by atoms with Gasteiger partial charge in [0.15, 0.2) is 0 Å². The van der Waals surface area contributed by atoms with Crippen molar-refractivity contribution in [2.75, 3.05) is 19.6 Å². The lowest BCUT2D eigenvalue weighted by molar-refractivity contribution is 0.0289. The first-order valence-corrected chi connectivity index (χ1v) is 8.49. The molecule has 0 aromatic heterocycles. The van der Waals surface area contributed by atoms with E-state index < -0.39 is 0 Å². The summed E-state index contributed by atoms with van der Waals surface area (Å²) in [5, 5.41) is 3.80. The summed E-state index contributed by atoms with van der Waals surface area (Å²) in [5.74, 6) is 0.824. The Bertz CT molecular complexity index is 283. The predicted octanol–water partition coefficient (Wildman–Crippen LogP) is 4.16. The van der Waals surface area contributed by atoms with Crippen molar-refractivity contribution in [3.8, 4) is 0 Å². The molecule has 0 aliphatic carbocycles. The van der Waals surface area contributed by atoms with E-state index in [1.54, 1.807) is 0 Å². The Labute approximate surface area is 127 Å². The molecule has 1 aliphatic heterocycles. The zero-order chi connectivity index (χ0) is 15.6. The van der Waals surface area contributed by atoms with E-state index >= 15 is 0 Å². The minimum atomic E-state index is 0.346. The van der Waals surface area contributed by atoms with Gasteiger partial charge in [0.2, 0.25) is 0 Å². The van der Waals surface area contributed by atoms with E-state index in [0.717, 1.165) is 12.5 Å². The smallest absolute Gasteiger partial charge is 0.0269 e. The van der Waals surface area contributed by atoms with E-state index in [2.05, 4.69) is 65.6 Å². The standard InChI is InChI=1S/C18H38N2/c1-14(2)10-9-11-20-13-15(17(3,4)5)19-12-16(20)18(6,7)8/h14-16,19H,9-13H2,1-8H3. The van der Waals surface area contributed by atoms with Crippen LogP contribution in [0.2, 0.25) is 0 Å². The molecular weight excluding hydrogens is 244 g/mol. The highest BCUT2D eigenvalue weighted by atomic mass is 15.2. The van der Waals surface area contributed by atoms with E-state index in [-0.39, 0.29) is 0 Å². The second-order valence-corrected chi connectivity index (χ2v) is 9.24. The van der Waals surface area contributed by atoms with Crippen LogP contribution in [0.5, 0.6) is 0 Å². The lowest BCUT2D eigenvalue weighted by Crippen LogP contribution is -2.63. The van der Waals surface area contributed by atoms with Gasteiger partial charge in [-0.15, -0.1) is 0 Å². The average Bonchev–Trinajstić information content (AvgIpc) is 2.25. The third-order valence-electron chi connectivity index (χ3n) is 4.69. The van der Waals surface area contributed by atoms with Gasteiger partial charge in [0.05, 0.1) is 0 Å². The Balaban J connectivity index is 2.68. The summed E-state index contributed by atoms with van der Waals surface area (Å²) in [6, 6.07) is 1.27. The van der Waals surface area contributed by atoms with Gasteiger partial charge in [0.1, 0.15) is 0 Å². The summed E-state index contributed by atoms with van der Waals surface area (Å²) in [7, 11) is 0. The van der Waals surface area contributed by atoms with Gasteiger partial charge in [-0.3, -0.25) is 4.90 Å². The lowest BCUT2D eigenvalue weighted by atomic mass is 9.79. The summed E-state index contributed by atoms with van der Waals surface area (Å²) in [5.41, 5.74) is 0.701. The van der Waals surface area contributed by atoms with Gasteiger partial charge in [-0.25, -0.2) is 0 Å². The molecule has 2 heteroatoms. The number of rotatable bonds is 4. The maximum absolute atomic E-state index is 3.80. The van der Waals surface area contributed by atoms with Crippen molar-refractivity contribution in [2.45, 2.75) is 80.3 Å². The fourth-order valence-electron chi connectivity index (χ4n) is 3.19. The van der Waals surface area contributed by atoms with E-state index in [9.17, 15) is 0 Å². The maximum Gasteiger partial charge on any atom is 0.0269 e. The Kier molecular flexibility index (Phi) is 6.10. The molecule has 1 rings (SSSR count). The first kappa shape index (κ1) is 18.0. The van der Waals surface area contributed by atoms with Crippen LogP contribution in [0.25, 0.3) is 0 Å². The number of nitrogens with one attached hydrogen (secondary N) is 1. The van der Waals surface area contributed by atoms with Crippen LogP contribution < -0.4 is 5.32 Å². The molecule has 2 nitrogen and oxygen atoms in total. The zero-order valence-electron chi connectivity index (χ0n) is 15.2. The van der Waals surface area contributed by atoms with Crippen molar-refractivity contribution in [2.24, 2.45) is 16.7 Å². The molecule has 1 aliphatic rings. The Morgan fingerprint density at radius 3 is 2.10 bits per heavy atom. The van der Waals surface area contributed by atoms with Crippen LogP contribution in [-0.4, -0.2) is 36.6 Å². The second-order valence-electron chi connectivity index (χ2n) is 9.24. The molecule has 0 saturated carbocycles. The monoisotopic (exact) mass is 282 g/mol. The summed E-state index contributed by atoms with van der Waals surface area (Å²) in [6.07, 6.45) is 2.68. The molecule has 1 fully saturated rings. The van der Waals surface area contributed by atoms with Gasteiger partial charge in [-0.2, -0.15) is 0 Å². The largest absolute Gasteiger partial charge is 0.311 e. The van der Waals surface area contributed by atoms with Crippen LogP contribution in [0, 0.1) is 16.7 Å². The molecular formula is C18H38N2. The summed E-state index contributed by atoms with van der Waals surface area (Å²) in [4.78, 5) is 2.76. The summed E-state index contributed by atoms with van der Waals surface area (Å²) in [6.45, 7) is 22.5. The van der Waals surface area contributed by atoms with Crippen LogP contribution >= 0.6 is 0 Å². The molecule has 0 aromatic carbocycles. The maximum atomic E-state index is 3.80. The Morgan fingerprint density at radius 2 is 1.65 bits per heavy atom. The van der Waals surface area contributed by atoms with Crippen molar-refractivity contribution in [1.82, 2.24) is 10.2 Å². The second kappa shape index (κ2) is 6.79. The highest BCUT2D eigenvalue weighted by Gasteiger charge is 2.38. The number of nitrogens with zero attached hydrogens (tertiary/aromatic N) is 1. The first-order valence-electron chi connectivity index (χ1n) is 8.49. The highest BCUT2D eigenvalue weighted by Crippen LogP contribution is 2.30. The third kappa shape index (κ3) is 5.37. The number of hydrogen-bond acceptors (Lipinski definition) is 2. The van der Waals surface area contributed by atoms with E-state index in [0.29, 0.717) is 22.9 Å². The normalized spacial score (nSPS) is 26.2. The van der Waals surface area contributed by atoms with Gasteiger partial charge in [0.25, 0.3) is 0 Å². The van der Waals surface area contributed by atoms with Crippen LogP contribution in [0.1, 0.15) is 68.2 Å². The quantitative estimate of drug-likeness (QED) is 0.833. The van der Waals surface area contributed by atoms with Crippen molar-refractivity contribution in [3.63, 3.8) is 0 Å². The van der Waals surface area contributed by atoms with Gasteiger partial charge < -0.3 is 5.32 Å². The van der Waals surface area contributed by atoms with Crippen LogP contribution in [0.4, 0.5) is 0 Å². The summed E-state index contributed by atoms with van der Waals surface area (Å²) >= 11 is 0. The van der Waals surface area contributed by atoms with Crippen LogP contribution in [0.3, 0.4) is 0 Å². The molecule has 20 heavy (non-hydrogen) atoms. The van der Waals surface area contributed by atoms with E-state index in [4.69, 9.17) is 0 Å². The molecule has 1 heterocycles. The van der Waals surface area contributed by atoms with Crippen molar-refractivity contribution in [3.05, 3.63) is 0 Å². The molecule has 1 N–H and O–H groups in total. The zero-order valence-corrected chi connectivity index (χ0v) is 15.2. The third-order valence-corrected chi connectivity index (χ3v) is 4.69. The van der Waals surface area contributed by atoms with Crippen LogP contribution in [-0.2, 0) is 0 Å². The van der Waals surface area contributed by atoms with E-state index in [1.165, 1.54) is 25.9 Å². The Morgan fingerprint density at radius 1 is 1.05 bits per heavy atom. The molecule has 0 amide bonds. The molecule has 2 unspecified atom stereocenters. The topological polar surface area (TPSA) is 15.3 Å². The fraction of sp³-hybridized carbons (Fsp3) is 1.00. The number of hydrogen-bond donors (Lipinski definition) is 1. The first-order chi connectivity index (χ1) is 9.01. The minimum absolute atomic E-state index is 0.346. The minimum Gasteiger partial charge on any atom is -0.311 e. The van der Waals surface area contributed by atoms with E-state index in [1.807, 2.05) is 0 Å². The molecule has 2 atom stereocenters. The molecule has 0 radical (unpaired) electrons. The van der Waals surface area contributed by atoms with Crippen molar-refractivity contribution >= 4 is 0 Å². The molecule has 0 aromatic rings. The fourth-order valence-corrected chi connectivity index (χ4v) is 3.19. The average molecular weight is 283 g/mol. The SMILES string of the molecule is CC(C)CCCN1CC(C(C)(C)C)NCC1C(C)(C)C. The van der Waals surface area contributed by atoms with Crippen LogP contribution in [0.15, 0.2) is 0 Å². The molecule has 0 spiro atoms.